The normalized spacial score (nSPS) is 23.1. The van der Waals surface area contributed by atoms with Gasteiger partial charge in [-0.3, -0.25) is 9.67 Å². The van der Waals surface area contributed by atoms with E-state index < -0.39 is 5.66 Å². The number of hydrogen-bond donors (Lipinski definition) is 0. The van der Waals surface area contributed by atoms with Crippen molar-refractivity contribution in [2.75, 3.05) is 11.6 Å². The van der Waals surface area contributed by atoms with Crippen LogP contribution in [0.4, 0.5) is 5.69 Å². The molecule has 1 aromatic heterocycles. The highest BCUT2D eigenvalue weighted by atomic mass is 127. The molecule has 2 aromatic rings. The van der Waals surface area contributed by atoms with Gasteiger partial charge in [-0.2, -0.15) is 10.2 Å². The first-order valence-electron chi connectivity index (χ1n) is 10.4. The molecular formula is C23H29IN6. The average Bonchev–Trinajstić information content (AvgIpc) is 3.12. The Balaban J connectivity index is 1.72. The van der Waals surface area contributed by atoms with E-state index in [0.717, 1.165) is 50.0 Å². The second-order valence-corrected chi connectivity index (χ2v) is 9.90. The molecule has 2 heterocycles. The number of aryl methyl sites for hydroxylation is 1. The Morgan fingerprint density at radius 2 is 2.13 bits per heavy atom. The number of fused-ring (bicyclic) bond motifs is 1. The van der Waals surface area contributed by atoms with Crippen molar-refractivity contribution < 1.29 is 0 Å². The van der Waals surface area contributed by atoms with Crippen molar-refractivity contribution in [3.63, 3.8) is 0 Å². The van der Waals surface area contributed by atoms with Gasteiger partial charge in [-0.15, -0.1) is 0 Å². The van der Waals surface area contributed by atoms with Crippen LogP contribution >= 0.6 is 22.6 Å². The largest absolute Gasteiger partial charge is 0.345 e. The lowest BCUT2D eigenvalue weighted by molar-refractivity contribution is 0.454. The van der Waals surface area contributed by atoms with Gasteiger partial charge in [-0.05, 0) is 86.0 Å². The molecule has 1 aliphatic carbocycles. The number of aliphatic imine (C=N–C) groups is 1. The Morgan fingerprint density at radius 1 is 1.40 bits per heavy atom. The maximum Gasteiger partial charge on any atom is 0.146 e. The lowest BCUT2D eigenvalue weighted by Gasteiger charge is -2.33. The first kappa shape index (κ1) is 21.1. The summed E-state index contributed by atoms with van der Waals surface area (Å²) in [7, 11) is 1.94. The molecule has 1 aromatic carbocycles. The Hall–Kier alpha value is -2.16. The number of hydrazone groups is 1. The minimum Gasteiger partial charge on any atom is -0.345 e. The van der Waals surface area contributed by atoms with Crippen molar-refractivity contribution in [2.24, 2.45) is 29.0 Å². The molecule has 0 saturated heterocycles. The van der Waals surface area contributed by atoms with Crippen LogP contribution in [0.15, 0.2) is 56.5 Å². The first-order chi connectivity index (χ1) is 14.2. The molecule has 2 unspecified atom stereocenters. The molecule has 4 rings (SSSR count). The summed E-state index contributed by atoms with van der Waals surface area (Å²) < 4.78 is 2.94. The molecule has 1 saturated carbocycles. The number of allylic oxidation sites excluding steroid dienone is 1. The lowest BCUT2D eigenvalue weighted by Crippen LogP contribution is -2.40. The van der Waals surface area contributed by atoms with Gasteiger partial charge in [-0.1, -0.05) is 13.5 Å². The number of nitrogens with zero attached hydrogens (tertiary/aromatic N) is 6. The SMILES string of the molecule is C=C1/C(=N\N(c2ccc3nn(C)cc3c2)C(C)(C)N=CC)C(I)=CN1CC1CC1C. The number of anilines is 1. The van der Waals surface area contributed by atoms with Gasteiger partial charge >= 0.3 is 0 Å². The van der Waals surface area contributed by atoms with Gasteiger partial charge < -0.3 is 4.90 Å². The predicted octanol–water partition coefficient (Wildman–Crippen LogP) is 5.32. The fourth-order valence-electron chi connectivity index (χ4n) is 3.96. The van der Waals surface area contributed by atoms with Crippen LogP contribution in [0.1, 0.15) is 34.1 Å². The lowest BCUT2D eigenvalue weighted by atomic mass is 10.1. The average molecular weight is 516 g/mol. The summed E-state index contributed by atoms with van der Waals surface area (Å²) in [5.41, 5.74) is 3.27. The zero-order valence-corrected chi connectivity index (χ0v) is 20.5. The van der Waals surface area contributed by atoms with Gasteiger partial charge in [0.05, 0.1) is 20.5 Å². The second-order valence-electron chi connectivity index (χ2n) is 8.74. The van der Waals surface area contributed by atoms with E-state index in [0.29, 0.717) is 0 Å². The van der Waals surface area contributed by atoms with Crippen LogP contribution < -0.4 is 5.01 Å². The van der Waals surface area contributed by atoms with Crippen LogP contribution in [0.2, 0.25) is 0 Å². The molecule has 7 heteroatoms. The molecule has 2 atom stereocenters. The molecule has 158 valence electrons. The van der Waals surface area contributed by atoms with E-state index in [1.165, 1.54) is 6.42 Å². The molecule has 0 spiro atoms. The highest BCUT2D eigenvalue weighted by Gasteiger charge is 2.37. The van der Waals surface area contributed by atoms with Crippen LogP contribution in [-0.2, 0) is 7.05 Å². The molecule has 30 heavy (non-hydrogen) atoms. The molecule has 6 nitrogen and oxygen atoms in total. The first-order valence-corrected chi connectivity index (χ1v) is 11.4. The summed E-state index contributed by atoms with van der Waals surface area (Å²) >= 11 is 2.37. The van der Waals surface area contributed by atoms with Gasteiger partial charge in [0.2, 0.25) is 0 Å². The zero-order valence-electron chi connectivity index (χ0n) is 18.3. The zero-order chi connectivity index (χ0) is 21.6. The van der Waals surface area contributed by atoms with Crippen LogP contribution in [0.3, 0.4) is 0 Å². The molecule has 0 radical (unpaired) electrons. The van der Waals surface area contributed by atoms with Gasteiger partial charge in [0.15, 0.2) is 0 Å². The molecule has 0 bridgehead atoms. The molecular weight excluding hydrogens is 487 g/mol. The minimum absolute atomic E-state index is 0.548. The maximum absolute atomic E-state index is 5.10. The van der Waals surface area contributed by atoms with Crippen LogP contribution in [-0.4, -0.2) is 38.8 Å². The number of hydrogen-bond acceptors (Lipinski definition) is 5. The summed E-state index contributed by atoms with van der Waals surface area (Å²) in [6.45, 7) is 13.8. The van der Waals surface area contributed by atoms with E-state index in [4.69, 9.17) is 10.1 Å². The van der Waals surface area contributed by atoms with E-state index >= 15 is 0 Å². The number of benzene rings is 1. The molecule has 2 aliphatic rings. The highest BCUT2D eigenvalue weighted by molar-refractivity contribution is 14.1. The van der Waals surface area contributed by atoms with Gasteiger partial charge in [0.25, 0.3) is 0 Å². The Labute approximate surface area is 192 Å². The minimum atomic E-state index is -0.548. The molecule has 0 N–H and O–H groups in total. The standard InChI is InChI=1S/C23H29IN6/c1-7-25-23(4,5)30(19-8-9-21-18(11-19)12-28(6)26-21)27-22-16(3)29(14-20(22)24)13-17-10-15(17)2/h7-9,11-12,14-15,17H,3,10,13H2,1-2,4-6H3/b25-7?,27-22+. The second kappa shape index (κ2) is 7.83. The number of rotatable bonds is 6. The maximum atomic E-state index is 5.10. The fraction of sp³-hybridized carbons (Fsp3) is 0.435. The Morgan fingerprint density at radius 3 is 2.80 bits per heavy atom. The third-order valence-electron chi connectivity index (χ3n) is 5.83. The predicted molar refractivity (Wildman–Crippen MR) is 134 cm³/mol. The summed E-state index contributed by atoms with van der Waals surface area (Å²) in [5.74, 6) is 1.57. The van der Waals surface area contributed by atoms with Crippen LogP contribution in [0.25, 0.3) is 10.9 Å². The van der Waals surface area contributed by atoms with E-state index in [2.05, 4.69) is 78.3 Å². The Bertz CT molecular complexity index is 1080. The van der Waals surface area contributed by atoms with Crippen molar-refractivity contribution in [2.45, 2.75) is 39.8 Å². The van der Waals surface area contributed by atoms with E-state index in [1.54, 1.807) is 0 Å². The van der Waals surface area contributed by atoms with Crippen molar-refractivity contribution in [3.05, 3.63) is 46.5 Å². The summed E-state index contributed by atoms with van der Waals surface area (Å²) in [4.78, 5) is 6.96. The van der Waals surface area contributed by atoms with E-state index in [9.17, 15) is 0 Å². The molecule has 0 amide bonds. The quantitative estimate of drug-likeness (QED) is 0.297. The smallest absolute Gasteiger partial charge is 0.146 e. The molecule has 1 fully saturated rings. The highest BCUT2D eigenvalue weighted by Crippen LogP contribution is 2.41. The van der Waals surface area contributed by atoms with Gasteiger partial charge in [0.1, 0.15) is 11.4 Å². The van der Waals surface area contributed by atoms with Crippen molar-refractivity contribution >= 4 is 51.1 Å². The third-order valence-corrected chi connectivity index (χ3v) is 6.62. The van der Waals surface area contributed by atoms with Crippen molar-refractivity contribution in [1.82, 2.24) is 14.7 Å². The van der Waals surface area contributed by atoms with E-state index in [-0.39, 0.29) is 0 Å². The van der Waals surface area contributed by atoms with Crippen LogP contribution in [0, 0.1) is 11.8 Å². The van der Waals surface area contributed by atoms with E-state index in [1.807, 2.05) is 42.1 Å². The van der Waals surface area contributed by atoms with Crippen molar-refractivity contribution in [3.8, 4) is 0 Å². The monoisotopic (exact) mass is 516 g/mol. The summed E-state index contributed by atoms with van der Waals surface area (Å²) in [6.07, 6.45) is 7.33. The number of aromatic nitrogens is 2. The number of halogens is 1. The topological polar surface area (TPSA) is 49.0 Å². The summed E-state index contributed by atoms with van der Waals surface area (Å²) in [6, 6.07) is 6.22. The van der Waals surface area contributed by atoms with Gasteiger partial charge in [0, 0.05) is 31.4 Å². The Kier molecular flexibility index (Phi) is 5.50. The van der Waals surface area contributed by atoms with Gasteiger partial charge in [-0.25, -0.2) is 5.01 Å². The van der Waals surface area contributed by atoms with Crippen molar-refractivity contribution in [1.29, 1.82) is 0 Å². The third kappa shape index (κ3) is 4.04. The fourth-order valence-corrected chi connectivity index (χ4v) is 4.71. The van der Waals surface area contributed by atoms with Crippen LogP contribution in [0.5, 0.6) is 0 Å². The molecule has 1 aliphatic heterocycles. The summed E-state index contributed by atoms with van der Waals surface area (Å²) in [5, 5.41) is 12.7.